The van der Waals surface area contributed by atoms with Crippen LogP contribution in [0.4, 0.5) is 0 Å². The third kappa shape index (κ3) is 1.81. The van der Waals surface area contributed by atoms with Gasteiger partial charge < -0.3 is 15.0 Å². The van der Waals surface area contributed by atoms with Gasteiger partial charge in [-0.1, -0.05) is 0 Å². The number of piperidine rings is 1. The van der Waals surface area contributed by atoms with Gasteiger partial charge in [0.1, 0.15) is 5.69 Å². The Balaban J connectivity index is 1.53. The molecule has 1 saturated heterocycles. The van der Waals surface area contributed by atoms with Crippen molar-refractivity contribution in [3.8, 4) is 0 Å². The molecule has 2 fully saturated rings. The van der Waals surface area contributed by atoms with Crippen molar-refractivity contribution in [2.45, 2.75) is 24.9 Å². The van der Waals surface area contributed by atoms with Crippen molar-refractivity contribution in [1.29, 1.82) is 0 Å². The van der Waals surface area contributed by atoms with E-state index in [0.29, 0.717) is 23.7 Å². The van der Waals surface area contributed by atoms with Gasteiger partial charge in [-0.05, 0) is 30.9 Å². The van der Waals surface area contributed by atoms with Crippen LogP contribution in [0.2, 0.25) is 0 Å². The van der Waals surface area contributed by atoms with E-state index >= 15 is 0 Å². The van der Waals surface area contributed by atoms with Crippen molar-refractivity contribution in [3.63, 3.8) is 0 Å². The summed E-state index contributed by atoms with van der Waals surface area (Å²) in [5.74, 6) is 0.525. The van der Waals surface area contributed by atoms with Crippen molar-refractivity contribution in [2.24, 2.45) is 5.92 Å². The fraction of sp³-hybridized carbons (Fsp3) is 0.429. The first kappa shape index (κ1) is 11.0. The van der Waals surface area contributed by atoms with Crippen LogP contribution in [0.15, 0.2) is 30.7 Å². The van der Waals surface area contributed by atoms with E-state index in [9.17, 15) is 4.79 Å². The maximum absolute atomic E-state index is 12.2. The van der Waals surface area contributed by atoms with E-state index < -0.39 is 0 Å². The minimum Gasteiger partial charge on any atom is -0.348 e. The number of hydrogen-bond acceptors (Lipinski definition) is 3. The molecule has 1 aliphatic heterocycles. The summed E-state index contributed by atoms with van der Waals surface area (Å²) in [6.45, 7) is 1.03. The van der Waals surface area contributed by atoms with Crippen molar-refractivity contribution >= 4 is 11.4 Å². The zero-order chi connectivity index (χ0) is 12.8. The zero-order valence-electron chi connectivity index (χ0n) is 10.5. The van der Waals surface area contributed by atoms with Gasteiger partial charge in [-0.15, -0.1) is 0 Å². The van der Waals surface area contributed by atoms with E-state index in [0.717, 1.165) is 18.5 Å². The lowest BCUT2D eigenvalue weighted by Gasteiger charge is -2.23. The molecule has 5 heteroatoms. The van der Waals surface area contributed by atoms with Crippen LogP contribution in [0.25, 0.3) is 5.52 Å². The Bertz CT molecular complexity index is 635. The molecule has 4 rings (SSSR count). The quantitative estimate of drug-likeness (QED) is 0.836. The summed E-state index contributed by atoms with van der Waals surface area (Å²) in [6, 6.07) is 4.81. The Kier molecular flexibility index (Phi) is 2.35. The van der Waals surface area contributed by atoms with E-state index in [1.807, 2.05) is 22.7 Å². The molecule has 2 bridgehead atoms. The molecule has 2 aromatic rings. The molecule has 2 N–H and O–H groups in total. The van der Waals surface area contributed by atoms with Gasteiger partial charge in [0.2, 0.25) is 0 Å². The Morgan fingerprint density at radius 1 is 1.47 bits per heavy atom. The van der Waals surface area contributed by atoms with Crippen LogP contribution in [0.5, 0.6) is 0 Å². The van der Waals surface area contributed by atoms with Crippen molar-refractivity contribution in [1.82, 2.24) is 20.0 Å². The Morgan fingerprint density at radius 3 is 3.21 bits per heavy atom. The Morgan fingerprint density at radius 2 is 2.42 bits per heavy atom. The minimum absolute atomic E-state index is 0.0619. The largest absolute Gasteiger partial charge is 0.348 e. The lowest BCUT2D eigenvalue weighted by molar-refractivity contribution is 0.0919. The van der Waals surface area contributed by atoms with Gasteiger partial charge >= 0.3 is 0 Å². The first-order chi connectivity index (χ1) is 9.29. The number of carbonyl (C=O) groups excluding carboxylic acids is 1. The van der Waals surface area contributed by atoms with Crippen molar-refractivity contribution in [3.05, 3.63) is 36.4 Å². The highest BCUT2D eigenvalue weighted by atomic mass is 16.2. The molecule has 0 spiro atoms. The molecule has 1 amide bonds. The fourth-order valence-corrected chi connectivity index (χ4v) is 3.31. The van der Waals surface area contributed by atoms with Gasteiger partial charge in [-0.2, -0.15) is 0 Å². The van der Waals surface area contributed by atoms with Crippen LogP contribution < -0.4 is 10.6 Å². The average Bonchev–Trinajstić information content (AvgIpc) is 3.13. The van der Waals surface area contributed by atoms with Crippen LogP contribution >= 0.6 is 0 Å². The molecular formula is C14H16N4O. The first-order valence-corrected chi connectivity index (χ1v) is 6.76. The van der Waals surface area contributed by atoms with Crippen LogP contribution in [0.1, 0.15) is 23.3 Å². The van der Waals surface area contributed by atoms with Crippen molar-refractivity contribution < 1.29 is 4.79 Å². The number of carbonyl (C=O) groups is 1. The van der Waals surface area contributed by atoms with E-state index in [2.05, 4.69) is 15.6 Å². The summed E-state index contributed by atoms with van der Waals surface area (Å²) in [7, 11) is 0. The second kappa shape index (κ2) is 4.06. The monoisotopic (exact) mass is 256 g/mol. The standard InChI is InChI=1S/C14H16N4O/c19-14(17-12-5-10-4-9(12)6-15-10)13-8-18-3-1-2-11(18)7-16-13/h1-3,7-10,12,15H,4-6H2,(H,17,19). The molecule has 3 heterocycles. The predicted molar refractivity (Wildman–Crippen MR) is 71.0 cm³/mol. The number of nitrogens with zero attached hydrogens (tertiary/aromatic N) is 2. The topological polar surface area (TPSA) is 58.4 Å². The molecule has 19 heavy (non-hydrogen) atoms. The van der Waals surface area contributed by atoms with Gasteiger partial charge in [-0.25, -0.2) is 4.98 Å². The average molecular weight is 256 g/mol. The Hall–Kier alpha value is -1.88. The fourth-order valence-electron chi connectivity index (χ4n) is 3.31. The first-order valence-electron chi connectivity index (χ1n) is 6.76. The minimum atomic E-state index is -0.0619. The van der Waals surface area contributed by atoms with Crippen LogP contribution in [0.3, 0.4) is 0 Å². The summed E-state index contributed by atoms with van der Waals surface area (Å²) < 4.78 is 1.92. The van der Waals surface area contributed by atoms with Crippen molar-refractivity contribution in [2.75, 3.05) is 6.54 Å². The van der Waals surface area contributed by atoms with Gasteiger partial charge in [0.05, 0.1) is 11.7 Å². The highest BCUT2D eigenvalue weighted by Crippen LogP contribution is 2.31. The summed E-state index contributed by atoms with van der Waals surface area (Å²) in [5, 5.41) is 6.58. The molecule has 3 atom stereocenters. The Labute approximate surface area is 111 Å². The van der Waals surface area contributed by atoms with E-state index in [4.69, 9.17) is 0 Å². The highest BCUT2D eigenvalue weighted by molar-refractivity contribution is 5.92. The number of hydrogen-bond donors (Lipinski definition) is 2. The van der Waals surface area contributed by atoms with Gasteiger partial charge in [0.25, 0.3) is 5.91 Å². The molecule has 5 nitrogen and oxygen atoms in total. The molecule has 0 radical (unpaired) electrons. The smallest absolute Gasteiger partial charge is 0.271 e. The maximum Gasteiger partial charge on any atom is 0.271 e. The molecule has 1 saturated carbocycles. The molecule has 0 aromatic carbocycles. The number of nitrogens with one attached hydrogen (secondary N) is 2. The third-order valence-corrected chi connectivity index (χ3v) is 4.32. The third-order valence-electron chi connectivity index (χ3n) is 4.32. The summed E-state index contributed by atoms with van der Waals surface area (Å²) in [6.07, 6.45) is 7.68. The number of amides is 1. The van der Waals surface area contributed by atoms with Gasteiger partial charge in [0.15, 0.2) is 0 Å². The molecule has 1 aliphatic carbocycles. The predicted octanol–water partition coefficient (Wildman–Crippen LogP) is 0.814. The molecule has 2 aliphatic rings. The number of aromatic nitrogens is 2. The van der Waals surface area contributed by atoms with Gasteiger partial charge in [0, 0.05) is 31.0 Å². The van der Waals surface area contributed by atoms with E-state index in [-0.39, 0.29) is 5.91 Å². The van der Waals surface area contributed by atoms with Gasteiger partial charge in [-0.3, -0.25) is 4.79 Å². The highest BCUT2D eigenvalue weighted by Gasteiger charge is 2.40. The number of fused-ring (bicyclic) bond motifs is 3. The second-order valence-electron chi connectivity index (χ2n) is 5.53. The molecule has 2 aromatic heterocycles. The van der Waals surface area contributed by atoms with E-state index in [1.165, 1.54) is 6.42 Å². The zero-order valence-corrected chi connectivity index (χ0v) is 10.5. The lowest BCUT2D eigenvalue weighted by atomic mass is 10.0. The van der Waals surface area contributed by atoms with E-state index in [1.54, 1.807) is 12.4 Å². The van der Waals surface area contributed by atoms with Crippen LogP contribution in [-0.2, 0) is 0 Å². The summed E-state index contributed by atoms with van der Waals surface area (Å²) in [4.78, 5) is 16.5. The number of rotatable bonds is 2. The second-order valence-corrected chi connectivity index (χ2v) is 5.53. The normalized spacial score (nSPS) is 28.9. The maximum atomic E-state index is 12.2. The summed E-state index contributed by atoms with van der Waals surface area (Å²) >= 11 is 0. The lowest BCUT2D eigenvalue weighted by Crippen LogP contribution is -2.44. The molecular weight excluding hydrogens is 240 g/mol. The molecule has 98 valence electrons. The summed E-state index contributed by atoms with van der Waals surface area (Å²) in [5.41, 5.74) is 1.49. The van der Waals surface area contributed by atoms with Crippen LogP contribution in [-0.4, -0.2) is 33.9 Å². The van der Waals surface area contributed by atoms with Crippen LogP contribution in [0, 0.1) is 5.92 Å². The molecule has 3 unspecified atom stereocenters. The SMILES string of the molecule is O=C(NC1CC2CC1CN2)c1cn2cccc2cn1.